The van der Waals surface area contributed by atoms with E-state index < -0.39 is 17.0 Å². The second-order valence-electron chi connectivity index (χ2n) is 4.30. The first kappa shape index (κ1) is 21.0. The van der Waals surface area contributed by atoms with Gasteiger partial charge in [-0.15, -0.1) is 5.10 Å². The number of nitro groups is 1. The highest BCUT2D eigenvalue weighted by atomic mass is 16.7. The highest BCUT2D eigenvalue weighted by Gasteiger charge is 2.25. The van der Waals surface area contributed by atoms with Gasteiger partial charge in [-0.3, -0.25) is 27.2 Å². The fourth-order valence-corrected chi connectivity index (χ4v) is 1.86. The number of hydrazine groups is 1. The summed E-state index contributed by atoms with van der Waals surface area (Å²) in [7, 11) is 1.18. The van der Waals surface area contributed by atoms with Crippen molar-refractivity contribution in [3.05, 3.63) is 51.7 Å². The Balaban J connectivity index is 0.00000170. The van der Waals surface area contributed by atoms with Crippen LogP contribution in [0.1, 0.15) is 18.4 Å². The maximum Gasteiger partial charge on any atom is 0.514 e. The van der Waals surface area contributed by atoms with Crippen LogP contribution in [0.5, 0.6) is 0 Å². The summed E-state index contributed by atoms with van der Waals surface area (Å²) in [6.45, 7) is 1.78. The Bertz CT molecular complexity index is 645. The lowest BCUT2D eigenvalue weighted by atomic mass is 9.96. The summed E-state index contributed by atoms with van der Waals surface area (Å²) in [5, 5.41) is 14.8. The zero-order valence-electron chi connectivity index (χ0n) is 13.1. The smallest absolute Gasteiger partial charge is 0.437 e. The van der Waals surface area contributed by atoms with Crippen molar-refractivity contribution >= 4 is 17.7 Å². The molecule has 11 nitrogen and oxygen atoms in total. The number of non-ortho nitro benzene ring substituents is 1. The predicted molar refractivity (Wildman–Crippen MR) is 85.6 cm³/mol. The van der Waals surface area contributed by atoms with Gasteiger partial charge in [0, 0.05) is 17.8 Å². The van der Waals surface area contributed by atoms with Gasteiger partial charge in [-0.2, -0.15) is 0 Å². The predicted octanol–water partition coefficient (Wildman–Crippen LogP) is 0.276. The first-order valence-corrected chi connectivity index (χ1v) is 6.36. The number of carbonyl (C=O) groups is 1. The summed E-state index contributed by atoms with van der Waals surface area (Å²) in [6, 6.07) is 6.06. The van der Waals surface area contributed by atoms with E-state index in [-0.39, 0.29) is 17.1 Å². The second kappa shape index (κ2) is 9.89. The fraction of sp³-hybridized carbons (Fsp3) is 0.231. The van der Waals surface area contributed by atoms with E-state index in [1.165, 1.54) is 19.2 Å². The number of hydrogen-bond acceptors (Lipinski definition) is 9. The third kappa shape index (κ3) is 5.31. The number of rotatable bonds is 2. The zero-order chi connectivity index (χ0) is 17.4. The molecule has 7 N–H and O–H groups in total. The highest BCUT2D eigenvalue weighted by Crippen LogP contribution is 2.26. The molecular weight excluding hydrogens is 322 g/mol. The summed E-state index contributed by atoms with van der Waals surface area (Å²) >= 11 is 0. The third-order valence-corrected chi connectivity index (χ3v) is 2.82. The molecule has 1 heterocycles. The maximum atomic E-state index is 11.2. The normalized spacial score (nSPS) is 15.2. The van der Waals surface area contributed by atoms with Crippen LogP contribution in [0.2, 0.25) is 0 Å². The van der Waals surface area contributed by atoms with Crippen molar-refractivity contribution in [3.63, 3.8) is 0 Å². The average molecular weight is 341 g/mol. The van der Waals surface area contributed by atoms with Gasteiger partial charge in [0.2, 0.25) is 5.90 Å². The fourth-order valence-electron chi connectivity index (χ4n) is 1.86. The van der Waals surface area contributed by atoms with Crippen LogP contribution < -0.4 is 17.1 Å². The lowest BCUT2D eigenvalue weighted by Gasteiger charge is -2.20. The van der Waals surface area contributed by atoms with E-state index in [9.17, 15) is 14.9 Å². The van der Waals surface area contributed by atoms with Gasteiger partial charge in [0.15, 0.2) is 0 Å². The number of nitro benzene ring substituents is 1. The van der Waals surface area contributed by atoms with Crippen LogP contribution in [-0.4, -0.2) is 29.6 Å². The summed E-state index contributed by atoms with van der Waals surface area (Å²) in [4.78, 5) is 21.6. The van der Waals surface area contributed by atoms with E-state index in [0.717, 1.165) is 5.70 Å². The lowest BCUT2D eigenvalue weighted by Crippen LogP contribution is -2.26. The number of nitrogens with one attached hydrogen (secondary N) is 1. The maximum absolute atomic E-state index is 11.2. The summed E-state index contributed by atoms with van der Waals surface area (Å²) in [5.41, 5.74) is 3.96. The van der Waals surface area contributed by atoms with E-state index in [1.807, 2.05) is 0 Å². The standard InChI is InChI=1S/C13H13N3O5.H4N2.H2O/c1-8-6-11(12(15-14-8)21-13(17)20-2)9-4-3-5-10(7-9)16(18)19;1-2;/h3-7,11,14H,1-2H3;1-2H2;1H2. The van der Waals surface area contributed by atoms with Crippen molar-refractivity contribution in [2.75, 3.05) is 7.11 Å². The SMILES string of the molecule is COC(=O)OC1=NNC(C)=CC1c1cccc([N+](=O)[O-])c1.NN.O. The molecule has 1 unspecified atom stereocenters. The molecule has 0 aromatic heterocycles. The van der Waals surface area contributed by atoms with Crippen LogP contribution in [0.25, 0.3) is 0 Å². The van der Waals surface area contributed by atoms with Gasteiger partial charge in [0.05, 0.1) is 18.0 Å². The molecular formula is C13H19N5O6. The van der Waals surface area contributed by atoms with Gasteiger partial charge in [-0.1, -0.05) is 12.1 Å². The Kier molecular flexibility index (Phi) is 8.64. The molecule has 0 saturated carbocycles. The lowest BCUT2D eigenvalue weighted by molar-refractivity contribution is -0.384. The molecule has 1 aromatic rings. The summed E-state index contributed by atoms with van der Waals surface area (Å²) < 4.78 is 9.40. The van der Waals surface area contributed by atoms with E-state index in [0.29, 0.717) is 5.56 Å². The minimum absolute atomic E-state index is 0. The number of ether oxygens (including phenoxy) is 2. The van der Waals surface area contributed by atoms with Gasteiger partial charge in [0.25, 0.3) is 5.69 Å². The largest absolute Gasteiger partial charge is 0.514 e. The second-order valence-corrected chi connectivity index (χ2v) is 4.30. The van der Waals surface area contributed by atoms with E-state index in [1.54, 1.807) is 25.1 Å². The van der Waals surface area contributed by atoms with Crippen LogP contribution in [0, 0.1) is 10.1 Å². The third-order valence-electron chi connectivity index (χ3n) is 2.82. The first-order valence-electron chi connectivity index (χ1n) is 6.36. The molecule has 1 aliphatic rings. The Morgan fingerprint density at radius 1 is 1.42 bits per heavy atom. The molecule has 11 heteroatoms. The van der Waals surface area contributed by atoms with Crippen molar-refractivity contribution in [1.82, 2.24) is 5.43 Å². The Hall–Kier alpha value is -3.02. The molecule has 1 atom stereocenters. The number of hydrazone groups is 1. The summed E-state index contributed by atoms with van der Waals surface area (Å²) in [6.07, 6.45) is 0.851. The molecule has 2 rings (SSSR count). The minimum atomic E-state index is -0.904. The first-order chi connectivity index (χ1) is 11.0. The van der Waals surface area contributed by atoms with Gasteiger partial charge in [-0.25, -0.2) is 4.79 Å². The molecule has 1 aliphatic heterocycles. The van der Waals surface area contributed by atoms with Crippen LogP contribution in [-0.2, 0) is 9.47 Å². The van der Waals surface area contributed by atoms with Crippen molar-refractivity contribution in [2.45, 2.75) is 12.8 Å². The topological polar surface area (TPSA) is 187 Å². The minimum Gasteiger partial charge on any atom is -0.437 e. The van der Waals surface area contributed by atoms with Crippen LogP contribution in [0.4, 0.5) is 10.5 Å². The molecule has 0 spiro atoms. The van der Waals surface area contributed by atoms with Crippen molar-refractivity contribution < 1.29 is 24.7 Å². The molecule has 0 aliphatic carbocycles. The number of hydrogen-bond donors (Lipinski definition) is 3. The average Bonchev–Trinajstić information content (AvgIpc) is 2.58. The molecule has 1 aromatic carbocycles. The number of methoxy groups -OCH3 is 1. The van der Waals surface area contributed by atoms with Crippen molar-refractivity contribution in [3.8, 4) is 0 Å². The zero-order valence-corrected chi connectivity index (χ0v) is 13.1. The van der Waals surface area contributed by atoms with Gasteiger partial charge < -0.3 is 14.9 Å². The van der Waals surface area contributed by atoms with Gasteiger partial charge in [0.1, 0.15) is 0 Å². The van der Waals surface area contributed by atoms with Crippen LogP contribution in [0.15, 0.2) is 41.1 Å². The monoisotopic (exact) mass is 341 g/mol. The Morgan fingerprint density at radius 2 is 2.08 bits per heavy atom. The van der Waals surface area contributed by atoms with Crippen LogP contribution in [0.3, 0.4) is 0 Å². The highest BCUT2D eigenvalue weighted by molar-refractivity contribution is 5.93. The molecule has 0 saturated heterocycles. The molecule has 0 radical (unpaired) electrons. The Labute approximate surface area is 137 Å². The van der Waals surface area contributed by atoms with Crippen molar-refractivity contribution in [2.24, 2.45) is 16.8 Å². The molecule has 0 fully saturated rings. The number of benzene rings is 1. The van der Waals surface area contributed by atoms with E-state index in [2.05, 4.69) is 26.9 Å². The number of nitrogens with two attached hydrogens (primary N) is 2. The number of allylic oxidation sites excluding steroid dienone is 1. The van der Waals surface area contributed by atoms with Crippen molar-refractivity contribution in [1.29, 1.82) is 0 Å². The molecule has 0 bridgehead atoms. The van der Waals surface area contributed by atoms with Crippen LogP contribution >= 0.6 is 0 Å². The molecule has 132 valence electrons. The van der Waals surface area contributed by atoms with Gasteiger partial charge >= 0.3 is 6.16 Å². The number of nitrogens with zero attached hydrogens (tertiary/aromatic N) is 2. The Morgan fingerprint density at radius 3 is 2.67 bits per heavy atom. The van der Waals surface area contributed by atoms with E-state index in [4.69, 9.17) is 4.74 Å². The number of carbonyl (C=O) groups excluding carboxylic acids is 1. The van der Waals surface area contributed by atoms with E-state index >= 15 is 0 Å². The quantitative estimate of drug-likeness (QED) is 0.296. The molecule has 24 heavy (non-hydrogen) atoms. The van der Waals surface area contributed by atoms with Gasteiger partial charge in [-0.05, 0) is 18.6 Å². The summed E-state index contributed by atoms with van der Waals surface area (Å²) in [5.74, 6) is 7.55. The molecule has 0 amide bonds.